The second kappa shape index (κ2) is 7.44. The summed E-state index contributed by atoms with van der Waals surface area (Å²) in [5.74, 6) is 0.795. The van der Waals surface area contributed by atoms with Crippen molar-refractivity contribution >= 4 is 64.5 Å². The fourth-order valence-corrected chi connectivity index (χ4v) is 6.46. The Balaban J connectivity index is 1.53. The molecule has 4 heterocycles. The summed E-state index contributed by atoms with van der Waals surface area (Å²) in [4.78, 5) is 14.9. The van der Waals surface area contributed by atoms with E-state index in [4.69, 9.17) is 15.0 Å². The molecular weight excluding hydrogens is 460 g/mol. The van der Waals surface area contributed by atoms with E-state index in [1.807, 2.05) is 47.9 Å². The Morgan fingerprint density at radius 2 is 1.39 bits per heavy atom. The molecule has 4 nitrogen and oxygen atoms in total. The van der Waals surface area contributed by atoms with Crippen LogP contribution in [0.3, 0.4) is 0 Å². The van der Waals surface area contributed by atoms with E-state index in [2.05, 4.69) is 77.4 Å². The van der Waals surface area contributed by atoms with Crippen molar-refractivity contribution in [2.75, 3.05) is 0 Å². The van der Waals surface area contributed by atoms with E-state index in [9.17, 15) is 0 Å². The first-order valence-corrected chi connectivity index (χ1v) is 12.7. The van der Waals surface area contributed by atoms with Crippen LogP contribution in [0.5, 0.6) is 0 Å². The predicted octanol–water partition coefficient (Wildman–Crippen LogP) is 8.16. The van der Waals surface area contributed by atoms with Gasteiger partial charge in [-0.25, -0.2) is 9.97 Å². The minimum Gasteiger partial charge on any atom is -0.291 e. The van der Waals surface area contributed by atoms with Gasteiger partial charge in [0.15, 0.2) is 5.82 Å². The van der Waals surface area contributed by atoms with Crippen molar-refractivity contribution in [3.8, 4) is 17.1 Å². The highest BCUT2D eigenvalue weighted by Gasteiger charge is 2.20. The smallest absolute Gasteiger partial charge is 0.156 e. The van der Waals surface area contributed by atoms with Crippen LogP contribution in [0.25, 0.3) is 70.2 Å². The van der Waals surface area contributed by atoms with Crippen LogP contribution in [-0.2, 0) is 0 Å². The lowest BCUT2D eigenvalue weighted by Crippen LogP contribution is -1.99. The topological polar surface area (TPSA) is 43.6 Å². The lowest BCUT2D eigenvalue weighted by atomic mass is 10.1. The van der Waals surface area contributed by atoms with E-state index < -0.39 is 0 Å². The Morgan fingerprint density at radius 3 is 2.31 bits per heavy atom. The first-order chi connectivity index (χ1) is 17.8. The average Bonchev–Trinajstić information content (AvgIpc) is 3.48. The summed E-state index contributed by atoms with van der Waals surface area (Å²) in [5, 5.41) is 3.71. The summed E-state index contributed by atoms with van der Waals surface area (Å²) in [6, 6.07) is 35.7. The van der Waals surface area contributed by atoms with Crippen LogP contribution in [0.15, 0.2) is 109 Å². The molecular formula is C31H18N4S. The minimum absolute atomic E-state index is 0.795. The van der Waals surface area contributed by atoms with Gasteiger partial charge in [-0.2, -0.15) is 0 Å². The van der Waals surface area contributed by atoms with Gasteiger partial charge >= 0.3 is 0 Å². The molecule has 0 atom stereocenters. The van der Waals surface area contributed by atoms with Crippen molar-refractivity contribution in [2.24, 2.45) is 0 Å². The Morgan fingerprint density at radius 1 is 0.611 bits per heavy atom. The number of aromatic nitrogens is 4. The van der Waals surface area contributed by atoms with E-state index >= 15 is 0 Å². The van der Waals surface area contributed by atoms with Gasteiger partial charge in [-0.3, -0.25) is 9.55 Å². The first kappa shape index (κ1) is 19.7. The lowest BCUT2D eigenvalue weighted by molar-refractivity contribution is 1.07. The zero-order valence-electron chi connectivity index (χ0n) is 19.1. The molecule has 0 N–H and O–H groups in total. The molecule has 0 radical (unpaired) electrons. The van der Waals surface area contributed by atoms with Crippen LogP contribution in [-0.4, -0.2) is 19.5 Å². The van der Waals surface area contributed by atoms with Gasteiger partial charge < -0.3 is 0 Å². The van der Waals surface area contributed by atoms with Crippen molar-refractivity contribution < 1.29 is 0 Å². The molecule has 0 amide bonds. The molecule has 0 unspecified atom stereocenters. The molecule has 0 fully saturated rings. The Labute approximate surface area is 210 Å². The van der Waals surface area contributed by atoms with E-state index in [1.54, 1.807) is 0 Å². The molecule has 5 heteroatoms. The van der Waals surface area contributed by atoms with Crippen molar-refractivity contribution in [3.63, 3.8) is 0 Å². The van der Waals surface area contributed by atoms with Crippen molar-refractivity contribution in [3.05, 3.63) is 109 Å². The maximum absolute atomic E-state index is 5.24. The largest absolute Gasteiger partial charge is 0.291 e. The Kier molecular flexibility index (Phi) is 4.07. The van der Waals surface area contributed by atoms with Crippen LogP contribution in [0, 0.1) is 0 Å². The van der Waals surface area contributed by atoms with Crippen LogP contribution in [0.4, 0.5) is 0 Å². The molecule has 0 saturated carbocycles. The third kappa shape index (κ3) is 2.78. The van der Waals surface area contributed by atoms with Gasteiger partial charge in [0.05, 0.1) is 39.5 Å². The normalized spacial score (nSPS) is 11.9. The lowest BCUT2D eigenvalue weighted by Gasteiger charge is -2.08. The van der Waals surface area contributed by atoms with Gasteiger partial charge in [-0.1, -0.05) is 66.7 Å². The Bertz CT molecular complexity index is 2100. The van der Waals surface area contributed by atoms with Crippen LogP contribution in [0.1, 0.15) is 0 Å². The number of hydrogen-bond acceptors (Lipinski definition) is 4. The number of nitrogens with zero attached hydrogens (tertiary/aromatic N) is 4. The molecule has 8 rings (SSSR count). The highest BCUT2D eigenvalue weighted by atomic mass is 32.1. The van der Waals surface area contributed by atoms with E-state index in [-0.39, 0.29) is 0 Å². The maximum Gasteiger partial charge on any atom is 0.156 e. The van der Waals surface area contributed by atoms with Crippen LogP contribution in [0.2, 0.25) is 0 Å². The molecule has 0 bridgehead atoms. The monoisotopic (exact) mass is 478 g/mol. The van der Waals surface area contributed by atoms with Crippen molar-refractivity contribution in [1.82, 2.24) is 19.5 Å². The third-order valence-corrected chi connectivity index (χ3v) is 8.06. The SMILES string of the molecule is c1ccc(-c2ccc3c(n2)c2c4sc5ccccc5c4ccc2n3-c2cnc3ccccc3n2)cc1. The van der Waals surface area contributed by atoms with Gasteiger partial charge in [0.2, 0.25) is 0 Å². The summed E-state index contributed by atoms with van der Waals surface area (Å²) >= 11 is 1.83. The second-order valence-corrected chi connectivity index (χ2v) is 9.97. The number of benzene rings is 4. The number of pyridine rings is 1. The zero-order valence-corrected chi connectivity index (χ0v) is 19.9. The molecule has 36 heavy (non-hydrogen) atoms. The summed E-state index contributed by atoms with van der Waals surface area (Å²) in [7, 11) is 0. The summed E-state index contributed by atoms with van der Waals surface area (Å²) in [5.41, 5.74) is 6.93. The van der Waals surface area contributed by atoms with Gasteiger partial charge in [-0.15, -0.1) is 11.3 Å². The molecule has 0 spiro atoms. The van der Waals surface area contributed by atoms with Gasteiger partial charge in [-0.05, 0) is 36.4 Å². The first-order valence-electron chi connectivity index (χ1n) is 11.9. The van der Waals surface area contributed by atoms with E-state index in [0.29, 0.717) is 0 Å². The maximum atomic E-state index is 5.24. The highest BCUT2D eigenvalue weighted by molar-refractivity contribution is 7.26. The molecule has 0 aliphatic heterocycles. The molecule has 4 aromatic carbocycles. The standard InChI is InChI=1S/C31H18N4S/c1-2-8-19(9-3-1)22-15-17-26-30(34-22)29-25(16-14-21-20-10-4-7-13-27(20)36-31(21)29)35(26)28-18-32-23-11-5-6-12-24(23)33-28/h1-18H. The summed E-state index contributed by atoms with van der Waals surface area (Å²) < 4.78 is 4.74. The molecule has 0 aliphatic rings. The number of hydrogen-bond donors (Lipinski definition) is 0. The molecule has 8 aromatic rings. The second-order valence-electron chi connectivity index (χ2n) is 8.92. The van der Waals surface area contributed by atoms with Gasteiger partial charge in [0.25, 0.3) is 0 Å². The van der Waals surface area contributed by atoms with Crippen LogP contribution >= 0.6 is 11.3 Å². The number of thiophene rings is 1. The van der Waals surface area contributed by atoms with Crippen LogP contribution < -0.4 is 0 Å². The third-order valence-electron chi connectivity index (χ3n) is 6.85. The van der Waals surface area contributed by atoms with Crippen molar-refractivity contribution in [2.45, 2.75) is 0 Å². The number of para-hydroxylation sites is 2. The Hall–Kier alpha value is -4.61. The fourth-order valence-electron chi connectivity index (χ4n) is 5.21. The number of rotatable bonds is 2. The highest BCUT2D eigenvalue weighted by Crippen LogP contribution is 2.43. The molecule has 0 aliphatic carbocycles. The van der Waals surface area contributed by atoms with E-state index in [1.165, 1.54) is 20.2 Å². The predicted molar refractivity (Wildman–Crippen MR) is 150 cm³/mol. The summed E-state index contributed by atoms with van der Waals surface area (Å²) in [6.45, 7) is 0. The van der Waals surface area contributed by atoms with Crippen molar-refractivity contribution in [1.29, 1.82) is 0 Å². The molecule has 168 valence electrons. The summed E-state index contributed by atoms with van der Waals surface area (Å²) in [6.07, 6.45) is 1.86. The van der Waals surface area contributed by atoms with E-state index in [0.717, 1.165) is 50.0 Å². The quantitative estimate of drug-likeness (QED) is 0.252. The minimum atomic E-state index is 0.795. The van der Waals surface area contributed by atoms with Gasteiger partial charge in [0, 0.05) is 31.1 Å². The average molecular weight is 479 g/mol. The number of fused-ring (bicyclic) bond motifs is 8. The zero-order chi connectivity index (χ0) is 23.6. The molecule has 4 aromatic heterocycles. The molecule has 0 saturated heterocycles. The van der Waals surface area contributed by atoms with Gasteiger partial charge in [0.1, 0.15) is 0 Å². The fraction of sp³-hybridized carbons (Fsp3) is 0.